The van der Waals surface area contributed by atoms with Crippen LogP contribution in [-0.4, -0.2) is 44.9 Å². The van der Waals surface area contributed by atoms with Gasteiger partial charge in [0.1, 0.15) is 5.71 Å². The van der Waals surface area contributed by atoms with E-state index in [-0.39, 0.29) is 27.8 Å². The molecule has 1 aliphatic heterocycles. The Labute approximate surface area is 266 Å². The summed E-state index contributed by atoms with van der Waals surface area (Å²) in [6.45, 7) is 1.66. The third kappa shape index (κ3) is 7.62. The first kappa shape index (κ1) is 30.9. The summed E-state index contributed by atoms with van der Waals surface area (Å²) < 4.78 is 0. The van der Waals surface area contributed by atoms with Crippen molar-refractivity contribution >= 4 is 116 Å². The summed E-state index contributed by atoms with van der Waals surface area (Å²) in [5.74, 6) is -1.81. The van der Waals surface area contributed by atoms with Crippen LogP contribution in [0.4, 0.5) is 11.4 Å². The quantitative estimate of drug-likeness (QED) is 0.123. The smallest absolute Gasteiger partial charge is 0.237 e. The number of nitrogens with zero attached hydrogens (tertiary/aromatic N) is 3. The lowest BCUT2D eigenvalue weighted by molar-refractivity contribution is -0.140. The molecule has 1 saturated heterocycles. The van der Waals surface area contributed by atoms with Crippen LogP contribution in [0.15, 0.2) is 70.9 Å². The summed E-state index contributed by atoms with van der Waals surface area (Å²) in [6, 6.07) is 9.03. The number of fused-ring (bicyclic) bond motifs is 1. The molecule has 1 fully saturated rings. The Morgan fingerprint density at radius 2 is 1.32 bits per heavy atom. The van der Waals surface area contributed by atoms with Gasteiger partial charge in [-0.15, -0.1) is 0 Å². The zero-order valence-corrected chi connectivity index (χ0v) is 25.7. The largest absolute Gasteiger partial charge is 0.331 e. The molecule has 2 aromatic carbocycles. The van der Waals surface area contributed by atoms with E-state index in [0.29, 0.717) is 31.5 Å². The highest BCUT2D eigenvalue weighted by Gasteiger charge is 2.48. The van der Waals surface area contributed by atoms with Gasteiger partial charge in [0.15, 0.2) is 10.2 Å². The summed E-state index contributed by atoms with van der Waals surface area (Å²) in [4.78, 5) is 27.5. The molecule has 0 saturated carbocycles. The van der Waals surface area contributed by atoms with Gasteiger partial charge in [0.2, 0.25) is 11.8 Å². The van der Waals surface area contributed by atoms with E-state index in [2.05, 4.69) is 31.7 Å². The molecule has 0 bridgehead atoms. The number of rotatable bonds is 7. The number of amides is 2. The zero-order valence-electron chi connectivity index (χ0n) is 21.1. The van der Waals surface area contributed by atoms with Crippen molar-refractivity contribution < 1.29 is 9.59 Å². The lowest BCUT2D eigenvalue weighted by Crippen LogP contribution is -2.45. The SMILES string of the molecule is CC(C(/C=N\NC(=S)Nc1ccc(Cl)c(Cl)c1)=N\NC(=S)Nc1ccc(Cl)c(Cl)c1)N1C(=O)C2C=CC=CC2C1=O. The average molecular weight is 669 g/mol. The van der Waals surface area contributed by atoms with Crippen LogP contribution in [-0.2, 0) is 9.59 Å². The van der Waals surface area contributed by atoms with Crippen molar-refractivity contribution in [2.45, 2.75) is 13.0 Å². The number of benzene rings is 2. The number of nitrogens with one attached hydrogen (secondary N) is 4. The van der Waals surface area contributed by atoms with Crippen molar-refractivity contribution in [2.75, 3.05) is 10.6 Å². The van der Waals surface area contributed by atoms with Crippen LogP contribution < -0.4 is 21.5 Å². The summed E-state index contributed by atoms with van der Waals surface area (Å²) >= 11 is 34.7. The lowest BCUT2D eigenvalue weighted by Gasteiger charge is -2.23. The average Bonchev–Trinajstić information content (AvgIpc) is 3.19. The summed E-state index contributed by atoms with van der Waals surface area (Å²) in [7, 11) is 0. The third-order valence-electron chi connectivity index (χ3n) is 6.00. The molecule has 212 valence electrons. The highest BCUT2D eigenvalue weighted by Crippen LogP contribution is 2.32. The summed E-state index contributed by atoms with van der Waals surface area (Å²) in [5.41, 5.74) is 6.75. The normalized spacial score (nSPS) is 18.9. The van der Waals surface area contributed by atoms with E-state index in [1.807, 2.05) is 0 Å². The summed E-state index contributed by atoms with van der Waals surface area (Å²) in [6.07, 6.45) is 8.25. The van der Waals surface area contributed by atoms with E-state index >= 15 is 0 Å². The fourth-order valence-corrected chi connectivity index (χ4v) is 4.92. The predicted molar refractivity (Wildman–Crippen MR) is 174 cm³/mol. The van der Waals surface area contributed by atoms with Crippen LogP contribution in [0.2, 0.25) is 20.1 Å². The Kier molecular flexibility index (Phi) is 10.3. The molecule has 9 nitrogen and oxygen atoms in total. The van der Waals surface area contributed by atoms with Gasteiger partial charge in [0.05, 0.1) is 44.2 Å². The number of hydrogen-bond acceptors (Lipinski definition) is 6. The maximum absolute atomic E-state index is 13.1. The van der Waals surface area contributed by atoms with Crippen LogP contribution in [0.1, 0.15) is 6.92 Å². The maximum atomic E-state index is 13.1. The van der Waals surface area contributed by atoms with Gasteiger partial charge in [-0.3, -0.25) is 25.3 Å². The van der Waals surface area contributed by atoms with E-state index in [4.69, 9.17) is 70.8 Å². The zero-order chi connectivity index (χ0) is 29.7. The standard InChI is InChI=1S/C26H21Cl4N7O2S2/c1-13(37-23(38)16-4-2-3-5-17(16)24(37)39)22(34-36-26(41)33-15-7-9-19(28)21(30)11-15)12-31-35-25(40)32-14-6-8-18(27)20(29)10-14/h2-13,16-17H,1H3,(H2,32,35,40)(H2,33,36,41)/b31-12-,34-22-. The number of anilines is 2. The van der Waals surface area contributed by atoms with Crippen molar-refractivity contribution in [1.29, 1.82) is 0 Å². The van der Waals surface area contributed by atoms with Gasteiger partial charge in [0.25, 0.3) is 0 Å². The number of carbonyl (C=O) groups is 2. The van der Waals surface area contributed by atoms with Crippen LogP contribution in [0, 0.1) is 11.8 Å². The van der Waals surface area contributed by atoms with Gasteiger partial charge in [0, 0.05) is 11.4 Å². The van der Waals surface area contributed by atoms with E-state index in [1.54, 1.807) is 67.6 Å². The third-order valence-corrected chi connectivity index (χ3v) is 7.86. The van der Waals surface area contributed by atoms with E-state index in [9.17, 15) is 9.59 Å². The number of hydrazone groups is 2. The molecule has 3 unspecified atom stereocenters. The van der Waals surface area contributed by atoms with Crippen LogP contribution in [0.5, 0.6) is 0 Å². The molecule has 2 amide bonds. The molecular formula is C26H21Cl4N7O2S2. The summed E-state index contributed by atoms with van der Waals surface area (Å²) in [5, 5.41) is 16.1. The maximum Gasteiger partial charge on any atom is 0.237 e. The van der Waals surface area contributed by atoms with Gasteiger partial charge in [-0.2, -0.15) is 10.2 Å². The molecule has 15 heteroatoms. The Morgan fingerprint density at radius 1 is 0.829 bits per heavy atom. The number of imide groups is 1. The first-order valence-electron chi connectivity index (χ1n) is 11.9. The highest BCUT2D eigenvalue weighted by atomic mass is 35.5. The molecule has 2 aromatic rings. The number of hydrogen-bond donors (Lipinski definition) is 4. The van der Waals surface area contributed by atoms with Crippen molar-refractivity contribution in [2.24, 2.45) is 22.0 Å². The second-order valence-electron chi connectivity index (χ2n) is 8.73. The second-order valence-corrected chi connectivity index (χ2v) is 11.2. The molecule has 2 aliphatic rings. The minimum Gasteiger partial charge on any atom is -0.331 e. The van der Waals surface area contributed by atoms with Gasteiger partial charge in [-0.05, 0) is 67.8 Å². The van der Waals surface area contributed by atoms with Gasteiger partial charge in [-0.25, -0.2) is 0 Å². The molecule has 4 rings (SSSR count). The Morgan fingerprint density at radius 3 is 1.80 bits per heavy atom. The van der Waals surface area contributed by atoms with E-state index in [0.717, 1.165) is 0 Å². The first-order chi connectivity index (χ1) is 19.5. The lowest BCUT2D eigenvalue weighted by atomic mass is 9.91. The van der Waals surface area contributed by atoms with Crippen molar-refractivity contribution in [3.63, 3.8) is 0 Å². The minimum absolute atomic E-state index is 0.116. The van der Waals surface area contributed by atoms with Crippen molar-refractivity contribution in [1.82, 2.24) is 15.8 Å². The van der Waals surface area contributed by atoms with Crippen molar-refractivity contribution in [3.05, 3.63) is 80.8 Å². The molecular weight excluding hydrogens is 648 g/mol. The van der Waals surface area contributed by atoms with E-state index < -0.39 is 17.9 Å². The predicted octanol–water partition coefficient (Wildman–Crippen LogP) is 6.03. The molecule has 3 atom stereocenters. The highest BCUT2D eigenvalue weighted by molar-refractivity contribution is 7.80. The van der Waals surface area contributed by atoms with Crippen molar-refractivity contribution in [3.8, 4) is 0 Å². The number of carbonyl (C=O) groups excluding carboxylic acids is 2. The van der Waals surface area contributed by atoms with Crippen LogP contribution >= 0.6 is 70.8 Å². The molecule has 0 aromatic heterocycles. The van der Waals surface area contributed by atoms with Crippen LogP contribution in [0.25, 0.3) is 0 Å². The number of likely N-dealkylation sites (tertiary alicyclic amines) is 1. The number of allylic oxidation sites excluding steroid dienone is 2. The molecule has 0 spiro atoms. The fourth-order valence-electron chi connectivity index (χ4n) is 3.99. The Hall–Kier alpha value is -3.06. The molecule has 0 radical (unpaired) electrons. The van der Waals surface area contributed by atoms with Gasteiger partial charge < -0.3 is 10.6 Å². The second kappa shape index (κ2) is 13.7. The molecule has 4 N–H and O–H groups in total. The van der Waals surface area contributed by atoms with E-state index in [1.165, 1.54) is 11.1 Å². The Balaban J connectivity index is 1.50. The minimum atomic E-state index is -0.801. The van der Waals surface area contributed by atoms with Gasteiger partial charge in [-0.1, -0.05) is 70.7 Å². The number of halogens is 4. The first-order valence-corrected chi connectivity index (χ1v) is 14.2. The van der Waals surface area contributed by atoms with Crippen LogP contribution in [0.3, 0.4) is 0 Å². The molecule has 41 heavy (non-hydrogen) atoms. The van der Waals surface area contributed by atoms with Gasteiger partial charge >= 0.3 is 0 Å². The molecule has 1 aliphatic carbocycles. The Bertz CT molecular complexity index is 1500. The topological polar surface area (TPSA) is 110 Å². The number of thiocarbonyl (C=S) groups is 2. The fraction of sp³-hybridized carbons (Fsp3) is 0.154. The molecule has 1 heterocycles. The monoisotopic (exact) mass is 667 g/mol.